The summed E-state index contributed by atoms with van der Waals surface area (Å²) in [6.07, 6.45) is 0. The van der Waals surface area contributed by atoms with Crippen molar-refractivity contribution in [2.45, 2.75) is 6.92 Å². The molecule has 5 nitrogen and oxygen atoms in total. The summed E-state index contributed by atoms with van der Waals surface area (Å²) >= 11 is 0. The number of benzene rings is 3. The average Bonchev–Trinajstić information content (AvgIpc) is 2.81. The Morgan fingerprint density at radius 3 is 2.45 bits per heavy atom. The van der Waals surface area contributed by atoms with Gasteiger partial charge in [-0.3, -0.25) is 0 Å². The largest absolute Gasteiger partial charge is 0.497 e. The standard InChI is InChI=1S/C26H23NO4/c1-18-6-5-7-21(16-18)30-14-15-31-26(28)23-17-25(19-10-12-20(29-2)13-11-19)27-24-9-4-3-8-22(23)24/h3-13,16-17H,14-15H2,1-2H3. The molecular formula is C26H23NO4. The third kappa shape index (κ3) is 4.83. The molecule has 3 aromatic carbocycles. The number of fused-ring (bicyclic) bond motifs is 1. The number of hydrogen-bond donors (Lipinski definition) is 0. The minimum atomic E-state index is -0.402. The zero-order valence-electron chi connectivity index (χ0n) is 17.5. The Labute approximate surface area is 181 Å². The number of carbonyl (C=O) groups excluding carboxylic acids is 1. The Morgan fingerprint density at radius 1 is 0.871 bits per heavy atom. The molecule has 5 heteroatoms. The van der Waals surface area contributed by atoms with Crippen molar-refractivity contribution in [3.63, 3.8) is 0 Å². The van der Waals surface area contributed by atoms with Crippen LogP contribution in [0.15, 0.2) is 78.9 Å². The van der Waals surface area contributed by atoms with Crippen molar-refractivity contribution in [2.75, 3.05) is 20.3 Å². The van der Waals surface area contributed by atoms with E-state index in [1.54, 1.807) is 13.2 Å². The van der Waals surface area contributed by atoms with Crippen molar-refractivity contribution in [1.82, 2.24) is 4.98 Å². The highest BCUT2D eigenvalue weighted by Gasteiger charge is 2.15. The van der Waals surface area contributed by atoms with Gasteiger partial charge in [0.2, 0.25) is 0 Å². The number of aromatic nitrogens is 1. The normalized spacial score (nSPS) is 10.6. The molecular weight excluding hydrogens is 390 g/mol. The van der Waals surface area contributed by atoms with Crippen molar-refractivity contribution in [2.24, 2.45) is 0 Å². The first-order chi connectivity index (χ1) is 15.1. The van der Waals surface area contributed by atoms with Gasteiger partial charge in [-0.1, -0.05) is 30.3 Å². The van der Waals surface area contributed by atoms with Crippen LogP contribution >= 0.6 is 0 Å². The van der Waals surface area contributed by atoms with E-state index in [1.165, 1.54) is 0 Å². The zero-order valence-corrected chi connectivity index (χ0v) is 17.5. The fourth-order valence-electron chi connectivity index (χ4n) is 3.33. The average molecular weight is 413 g/mol. The summed E-state index contributed by atoms with van der Waals surface area (Å²) in [5.74, 6) is 1.12. The van der Waals surface area contributed by atoms with E-state index >= 15 is 0 Å². The molecule has 4 rings (SSSR count). The second-order valence-electron chi connectivity index (χ2n) is 7.10. The molecule has 0 radical (unpaired) electrons. The Bertz CT molecular complexity index is 1200. The van der Waals surface area contributed by atoms with Crippen LogP contribution in [0.3, 0.4) is 0 Å². The van der Waals surface area contributed by atoms with Crippen LogP contribution in [0.25, 0.3) is 22.2 Å². The summed E-state index contributed by atoms with van der Waals surface area (Å²) in [5.41, 5.74) is 3.92. The first-order valence-electron chi connectivity index (χ1n) is 10.0. The topological polar surface area (TPSA) is 57.7 Å². The van der Waals surface area contributed by atoms with Crippen molar-refractivity contribution >= 4 is 16.9 Å². The first-order valence-corrected chi connectivity index (χ1v) is 10.0. The monoisotopic (exact) mass is 413 g/mol. The van der Waals surface area contributed by atoms with Gasteiger partial charge in [-0.25, -0.2) is 9.78 Å². The maximum atomic E-state index is 12.9. The number of esters is 1. The first kappa shape index (κ1) is 20.4. The molecule has 0 aliphatic rings. The molecule has 0 spiro atoms. The third-order valence-electron chi connectivity index (χ3n) is 4.90. The molecule has 156 valence electrons. The smallest absolute Gasteiger partial charge is 0.339 e. The summed E-state index contributed by atoms with van der Waals surface area (Å²) in [7, 11) is 1.63. The van der Waals surface area contributed by atoms with Gasteiger partial charge in [-0.15, -0.1) is 0 Å². The van der Waals surface area contributed by atoms with E-state index in [4.69, 9.17) is 19.2 Å². The molecule has 31 heavy (non-hydrogen) atoms. The van der Waals surface area contributed by atoms with E-state index in [-0.39, 0.29) is 13.2 Å². The Morgan fingerprint density at radius 2 is 1.68 bits per heavy atom. The van der Waals surface area contributed by atoms with Crippen LogP contribution in [0.2, 0.25) is 0 Å². The van der Waals surface area contributed by atoms with Crippen LogP contribution in [0.5, 0.6) is 11.5 Å². The predicted octanol–water partition coefficient (Wildman–Crippen LogP) is 5.45. The fourth-order valence-corrected chi connectivity index (χ4v) is 3.33. The summed E-state index contributed by atoms with van der Waals surface area (Å²) in [6.45, 7) is 2.44. The molecule has 0 amide bonds. The molecule has 0 saturated carbocycles. The number of aryl methyl sites for hydroxylation is 1. The summed E-state index contributed by atoms with van der Waals surface area (Å²) in [4.78, 5) is 17.6. The lowest BCUT2D eigenvalue weighted by Crippen LogP contribution is -2.13. The highest BCUT2D eigenvalue weighted by Crippen LogP contribution is 2.27. The zero-order chi connectivity index (χ0) is 21.6. The number of nitrogens with zero attached hydrogens (tertiary/aromatic N) is 1. The van der Waals surface area contributed by atoms with Crippen molar-refractivity contribution in [3.8, 4) is 22.8 Å². The van der Waals surface area contributed by atoms with Gasteiger partial charge in [0, 0.05) is 10.9 Å². The number of rotatable bonds is 7. The molecule has 0 aliphatic heterocycles. The molecule has 1 heterocycles. The van der Waals surface area contributed by atoms with Crippen LogP contribution in [0.1, 0.15) is 15.9 Å². The highest BCUT2D eigenvalue weighted by atomic mass is 16.6. The fraction of sp³-hybridized carbons (Fsp3) is 0.154. The molecule has 0 atom stereocenters. The molecule has 4 aromatic rings. The van der Waals surface area contributed by atoms with Crippen LogP contribution in [0.4, 0.5) is 0 Å². The molecule has 1 aromatic heterocycles. The maximum absolute atomic E-state index is 12.9. The lowest BCUT2D eigenvalue weighted by atomic mass is 10.0. The van der Waals surface area contributed by atoms with Gasteiger partial charge < -0.3 is 14.2 Å². The molecule has 0 unspecified atom stereocenters. The summed E-state index contributed by atoms with van der Waals surface area (Å²) in [6, 6.07) is 24.6. The van der Waals surface area contributed by atoms with E-state index in [1.807, 2.05) is 79.7 Å². The molecule has 0 aliphatic carbocycles. The van der Waals surface area contributed by atoms with Crippen molar-refractivity contribution in [3.05, 3.63) is 90.0 Å². The van der Waals surface area contributed by atoms with Crippen LogP contribution in [0, 0.1) is 6.92 Å². The van der Waals surface area contributed by atoms with Crippen LogP contribution in [-0.4, -0.2) is 31.3 Å². The number of methoxy groups -OCH3 is 1. The van der Waals surface area contributed by atoms with Crippen molar-refractivity contribution in [1.29, 1.82) is 0 Å². The van der Waals surface area contributed by atoms with E-state index in [0.29, 0.717) is 11.3 Å². The quantitative estimate of drug-likeness (QED) is 0.298. The Hall–Kier alpha value is -3.86. The molecule has 0 fully saturated rings. The number of para-hydroxylation sites is 1. The second-order valence-corrected chi connectivity index (χ2v) is 7.10. The Balaban J connectivity index is 1.53. The van der Waals surface area contributed by atoms with Gasteiger partial charge in [0.1, 0.15) is 24.7 Å². The Kier molecular flexibility index (Phi) is 6.13. The number of ether oxygens (including phenoxy) is 3. The van der Waals surface area contributed by atoms with E-state index < -0.39 is 5.97 Å². The molecule has 0 N–H and O–H groups in total. The lowest BCUT2D eigenvalue weighted by Gasteiger charge is -2.11. The lowest BCUT2D eigenvalue weighted by molar-refractivity contribution is 0.0452. The summed E-state index contributed by atoms with van der Waals surface area (Å²) < 4.78 is 16.4. The SMILES string of the molecule is COc1ccc(-c2cc(C(=O)OCCOc3cccc(C)c3)c3ccccc3n2)cc1. The van der Waals surface area contributed by atoms with Crippen molar-refractivity contribution < 1.29 is 19.0 Å². The van der Waals surface area contributed by atoms with Gasteiger partial charge in [0.25, 0.3) is 0 Å². The highest BCUT2D eigenvalue weighted by molar-refractivity contribution is 6.04. The van der Waals surface area contributed by atoms with Gasteiger partial charge in [-0.05, 0) is 61.0 Å². The molecule has 0 saturated heterocycles. The molecule has 0 bridgehead atoms. The third-order valence-corrected chi connectivity index (χ3v) is 4.90. The van der Waals surface area contributed by atoms with Gasteiger partial charge >= 0.3 is 5.97 Å². The van der Waals surface area contributed by atoms with E-state index in [9.17, 15) is 4.79 Å². The predicted molar refractivity (Wildman–Crippen MR) is 121 cm³/mol. The summed E-state index contributed by atoms with van der Waals surface area (Å²) in [5, 5.41) is 0.754. The second kappa shape index (κ2) is 9.30. The van der Waals surface area contributed by atoms with E-state index in [2.05, 4.69) is 0 Å². The minimum Gasteiger partial charge on any atom is -0.497 e. The maximum Gasteiger partial charge on any atom is 0.339 e. The van der Waals surface area contributed by atoms with Gasteiger partial charge in [0.05, 0.1) is 23.9 Å². The van der Waals surface area contributed by atoms with Crippen LogP contribution < -0.4 is 9.47 Å². The number of carbonyl (C=O) groups is 1. The van der Waals surface area contributed by atoms with Crippen LogP contribution in [-0.2, 0) is 4.74 Å². The van der Waals surface area contributed by atoms with Gasteiger partial charge in [0.15, 0.2) is 0 Å². The van der Waals surface area contributed by atoms with Gasteiger partial charge in [-0.2, -0.15) is 0 Å². The number of hydrogen-bond acceptors (Lipinski definition) is 5. The van der Waals surface area contributed by atoms with E-state index in [0.717, 1.165) is 33.5 Å². The minimum absolute atomic E-state index is 0.154. The number of pyridine rings is 1.